The minimum Gasteiger partial charge on any atom is -0.478 e. The third-order valence-electron chi connectivity index (χ3n) is 2.19. The zero-order valence-corrected chi connectivity index (χ0v) is 9.20. The van der Waals surface area contributed by atoms with E-state index in [1.807, 2.05) is 0 Å². The molecule has 0 aliphatic heterocycles. The number of nitrogens with zero attached hydrogens (tertiary/aromatic N) is 2. The highest BCUT2D eigenvalue weighted by Crippen LogP contribution is 2.08. The van der Waals surface area contributed by atoms with Gasteiger partial charge in [-0.1, -0.05) is 0 Å². The number of aromatic carboxylic acids is 1. The highest BCUT2D eigenvalue weighted by atomic mass is 16.4. The highest BCUT2D eigenvalue weighted by molar-refractivity contribution is 6.04. The van der Waals surface area contributed by atoms with E-state index in [-0.39, 0.29) is 17.3 Å². The van der Waals surface area contributed by atoms with Crippen LogP contribution in [0.4, 0.5) is 5.82 Å². The lowest BCUT2D eigenvalue weighted by molar-refractivity contribution is 0.0696. The molecule has 1 amide bonds. The molecule has 0 saturated carbocycles. The van der Waals surface area contributed by atoms with E-state index >= 15 is 0 Å². The highest BCUT2D eigenvalue weighted by Gasteiger charge is 2.08. The van der Waals surface area contributed by atoms with Gasteiger partial charge in [-0.25, -0.2) is 9.78 Å². The van der Waals surface area contributed by atoms with Gasteiger partial charge in [0, 0.05) is 24.2 Å². The van der Waals surface area contributed by atoms with Crippen molar-refractivity contribution < 1.29 is 14.7 Å². The SMILES string of the molecule is O=C(O)c1ccnc(NC(=O)c2ccncc2)c1. The minimum absolute atomic E-state index is 0.0648. The number of carbonyl (C=O) groups is 2. The average Bonchev–Trinajstić information content (AvgIpc) is 2.40. The topological polar surface area (TPSA) is 92.2 Å². The molecule has 2 aromatic heterocycles. The Hall–Kier alpha value is -2.76. The number of pyridine rings is 2. The summed E-state index contributed by atoms with van der Waals surface area (Å²) in [5.74, 6) is -1.25. The molecule has 0 bridgehead atoms. The predicted octanol–water partition coefficient (Wildman–Crippen LogP) is 1.43. The van der Waals surface area contributed by atoms with Crippen molar-refractivity contribution in [1.29, 1.82) is 0 Å². The summed E-state index contributed by atoms with van der Waals surface area (Å²) in [6.45, 7) is 0. The Balaban J connectivity index is 2.17. The maximum absolute atomic E-state index is 11.8. The number of rotatable bonds is 3. The van der Waals surface area contributed by atoms with Crippen molar-refractivity contribution in [3.05, 3.63) is 54.0 Å². The van der Waals surface area contributed by atoms with E-state index < -0.39 is 5.97 Å². The Kier molecular flexibility index (Phi) is 3.29. The van der Waals surface area contributed by atoms with E-state index in [9.17, 15) is 9.59 Å². The molecule has 6 heteroatoms. The first kappa shape index (κ1) is 11.7. The number of anilines is 1. The molecule has 6 nitrogen and oxygen atoms in total. The van der Waals surface area contributed by atoms with Gasteiger partial charge in [0.2, 0.25) is 0 Å². The number of nitrogens with one attached hydrogen (secondary N) is 1. The molecule has 2 rings (SSSR count). The summed E-state index contributed by atoms with van der Waals surface area (Å²) < 4.78 is 0. The first-order chi connectivity index (χ1) is 8.66. The molecule has 0 aromatic carbocycles. The molecule has 2 N–H and O–H groups in total. The summed E-state index contributed by atoms with van der Waals surface area (Å²) in [6.07, 6.45) is 4.32. The minimum atomic E-state index is -1.07. The van der Waals surface area contributed by atoms with Crippen LogP contribution in [0.5, 0.6) is 0 Å². The number of carbonyl (C=O) groups excluding carboxylic acids is 1. The van der Waals surface area contributed by atoms with Gasteiger partial charge in [0.05, 0.1) is 5.56 Å². The van der Waals surface area contributed by atoms with Crippen molar-refractivity contribution >= 4 is 17.7 Å². The fourth-order valence-electron chi connectivity index (χ4n) is 1.32. The zero-order chi connectivity index (χ0) is 13.0. The van der Waals surface area contributed by atoms with E-state index in [1.165, 1.54) is 30.7 Å². The van der Waals surface area contributed by atoms with E-state index in [2.05, 4.69) is 15.3 Å². The maximum atomic E-state index is 11.8. The average molecular weight is 243 g/mol. The van der Waals surface area contributed by atoms with Crippen LogP contribution in [0.15, 0.2) is 42.9 Å². The van der Waals surface area contributed by atoms with Gasteiger partial charge in [0.25, 0.3) is 5.91 Å². The van der Waals surface area contributed by atoms with Crippen LogP contribution in [-0.4, -0.2) is 27.0 Å². The standard InChI is InChI=1S/C12H9N3O3/c16-11(8-1-4-13-5-2-8)15-10-7-9(12(17)18)3-6-14-10/h1-7H,(H,17,18)(H,14,15,16). The van der Waals surface area contributed by atoms with Gasteiger partial charge >= 0.3 is 5.97 Å². The number of amides is 1. The molecular weight excluding hydrogens is 234 g/mol. The number of hydrogen-bond acceptors (Lipinski definition) is 4. The van der Waals surface area contributed by atoms with Crippen LogP contribution in [0.25, 0.3) is 0 Å². The van der Waals surface area contributed by atoms with Gasteiger partial charge in [-0.15, -0.1) is 0 Å². The summed E-state index contributed by atoms with van der Waals surface area (Å²) >= 11 is 0. The molecule has 0 saturated heterocycles. The van der Waals surface area contributed by atoms with Crippen molar-refractivity contribution in [2.45, 2.75) is 0 Å². The molecular formula is C12H9N3O3. The molecule has 0 atom stereocenters. The molecule has 0 radical (unpaired) electrons. The van der Waals surface area contributed by atoms with Gasteiger partial charge in [-0.3, -0.25) is 9.78 Å². The van der Waals surface area contributed by atoms with Crippen LogP contribution < -0.4 is 5.32 Å². The monoisotopic (exact) mass is 243 g/mol. The number of carboxylic acid groups (broad SMARTS) is 1. The molecule has 2 aromatic rings. The van der Waals surface area contributed by atoms with E-state index in [4.69, 9.17) is 5.11 Å². The van der Waals surface area contributed by atoms with Gasteiger partial charge < -0.3 is 10.4 Å². The van der Waals surface area contributed by atoms with Crippen LogP contribution in [0.1, 0.15) is 20.7 Å². The van der Waals surface area contributed by atoms with Crippen LogP contribution in [-0.2, 0) is 0 Å². The third kappa shape index (κ3) is 2.67. The Morgan fingerprint density at radius 2 is 1.72 bits per heavy atom. The molecule has 90 valence electrons. The van der Waals surface area contributed by atoms with Gasteiger partial charge in [0.15, 0.2) is 0 Å². The lowest BCUT2D eigenvalue weighted by Gasteiger charge is -2.04. The number of aromatic nitrogens is 2. The van der Waals surface area contributed by atoms with Crippen LogP contribution >= 0.6 is 0 Å². The summed E-state index contributed by atoms with van der Waals surface area (Å²) in [7, 11) is 0. The first-order valence-electron chi connectivity index (χ1n) is 5.07. The fraction of sp³-hybridized carbons (Fsp3) is 0. The Labute approximate surface area is 102 Å². The molecule has 0 fully saturated rings. The zero-order valence-electron chi connectivity index (χ0n) is 9.20. The first-order valence-corrected chi connectivity index (χ1v) is 5.07. The Bertz CT molecular complexity index is 584. The summed E-state index contributed by atoms with van der Waals surface area (Å²) in [5.41, 5.74) is 0.488. The van der Waals surface area contributed by atoms with E-state index in [1.54, 1.807) is 12.1 Å². The van der Waals surface area contributed by atoms with Crippen molar-refractivity contribution in [3.63, 3.8) is 0 Å². The molecule has 0 spiro atoms. The van der Waals surface area contributed by atoms with Gasteiger partial charge in [0.1, 0.15) is 5.82 Å². The molecule has 0 unspecified atom stereocenters. The van der Waals surface area contributed by atoms with E-state index in [0.29, 0.717) is 5.56 Å². The van der Waals surface area contributed by atoms with E-state index in [0.717, 1.165) is 0 Å². The largest absolute Gasteiger partial charge is 0.478 e. The lowest BCUT2D eigenvalue weighted by atomic mass is 10.2. The third-order valence-corrected chi connectivity index (χ3v) is 2.19. The molecule has 0 aliphatic carbocycles. The van der Waals surface area contributed by atoms with Crippen LogP contribution in [0, 0.1) is 0 Å². The quantitative estimate of drug-likeness (QED) is 0.850. The normalized spacial score (nSPS) is 9.78. The van der Waals surface area contributed by atoms with Crippen molar-refractivity contribution in [2.24, 2.45) is 0 Å². The molecule has 2 heterocycles. The van der Waals surface area contributed by atoms with Crippen molar-refractivity contribution in [1.82, 2.24) is 9.97 Å². The second-order valence-electron chi connectivity index (χ2n) is 3.42. The number of hydrogen-bond donors (Lipinski definition) is 2. The van der Waals surface area contributed by atoms with Crippen LogP contribution in [0.2, 0.25) is 0 Å². The Morgan fingerprint density at radius 3 is 2.39 bits per heavy atom. The summed E-state index contributed by atoms with van der Waals surface area (Å²) in [6, 6.07) is 5.75. The second-order valence-corrected chi connectivity index (χ2v) is 3.42. The fourth-order valence-corrected chi connectivity index (χ4v) is 1.32. The smallest absolute Gasteiger partial charge is 0.335 e. The lowest BCUT2D eigenvalue weighted by Crippen LogP contribution is -2.13. The van der Waals surface area contributed by atoms with Crippen molar-refractivity contribution in [3.8, 4) is 0 Å². The maximum Gasteiger partial charge on any atom is 0.335 e. The van der Waals surface area contributed by atoms with Crippen molar-refractivity contribution in [2.75, 3.05) is 5.32 Å². The predicted molar refractivity (Wildman–Crippen MR) is 63.4 cm³/mol. The molecule has 18 heavy (non-hydrogen) atoms. The number of carboxylic acids is 1. The second kappa shape index (κ2) is 5.05. The van der Waals surface area contributed by atoms with Gasteiger partial charge in [-0.2, -0.15) is 0 Å². The summed E-state index contributed by atoms with van der Waals surface area (Å²) in [5, 5.41) is 11.3. The van der Waals surface area contributed by atoms with Crippen LogP contribution in [0.3, 0.4) is 0 Å². The summed E-state index contributed by atoms with van der Waals surface area (Å²) in [4.78, 5) is 30.2. The Morgan fingerprint density at radius 1 is 1.06 bits per heavy atom. The molecule has 0 aliphatic rings. The van der Waals surface area contributed by atoms with Gasteiger partial charge in [-0.05, 0) is 24.3 Å².